The lowest BCUT2D eigenvalue weighted by Crippen LogP contribution is -2.80. The number of fused-ring (bicyclic) bond motifs is 3. The molecule has 246 valence electrons. The number of rotatable bonds is 4. The van der Waals surface area contributed by atoms with Gasteiger partial charge in [0.15, 0.2) is 22.8 Å². The minimum Gasteiger partial charge on any atom is -0.455 e. The SMILES string of the molecule is C=C(C)C12OC3(c4ccccc4)OC1[C@@H]1[C@@H]4O[C@@]45COC(C)(C)O[C@H]5[C@]4(O)C(=O)C=C[C@@]4(C)C1(O3)[C@H](C)[C@H]2OC(=O)c1ccccc1. The molecule has 0 aromatic heterocycles. The summed E-state index contributed by atoms with van der Waals surface area (Å²) < 4.78 is 47.3. The van der Waals surface area contributed by atoms with Crippen molar-refractivity contribution in [3.05, 3.63) is 96.1 Å². The van der Waals surface area contributed by atoms with E-state index in [9.17, 15) is 14.7 Å². The molecule has 3 aliphatic carbocycles. The molecule has 2 aromatic carbocycles. The van der Waals surface area contributed by atoms with Crippen LogP contribution in [0.3, 0.4) is 0 Å². The quantitative estimate of drug-likeness (QED) is 0.298. The molecule has 2 saturated carbocycles. The largest absolute Gasteiger partial charge is 0.455 e. The molecule has 47 heavy (non-hydrogen) atoms. The van der Waals surface area contributed by atoms with Gasteiger partial charge in [-0.05, 0) is 51.5 Å². The highest BCUT2D eigenvalue weighted by atomic mass is 16.9. The summed E-state index contributed by atoms with van der Waals surface area (Å²) in [5.41, 5.74) is -6.16. The van der Waals surface area contributed by atoms with Crippen LogP contribution in [0.5, 0.6) is 0 Å². The smallest absolute Gasteiger partial charge is 0.338 e. The fourth-order valence-corrected chi connectivity index (χ4v) is 10.0. The molecule has 10 nitrogen and oxygen atoms in total. The number of carbonyl (C=O) groups is 2. The second-order valence-electron chi connectivity index (χ2n) is 14.9. The van der Waals surface area contributed by atoms with Crippen molar-refractivity contribution in [1.82, 2.24) is 0 Å². The number of carbonyl (C=O) groups excluding carboxylic acids is 2. The van der Waals surface area contributed by atoms with Gasteiger partial charge in [0, 0.05) is 17.4 Å². The number of aliphatic hydroxyl groups is 1. The summed E-state index contributed by atoms with van der Waals surface area (Å²) in [5, 5.41) is 13.1. The van der Waals surface area contributed by atoms with E-state index in [1.807, 2.05) is 57.2 Å². The molecular weight excluding hydrogens is 604 g/mol. The molecule has 4 heterocycles. The third-order valence-electron chi connectivity index (χ3n) is 12.2. The number of ketones is 1. The zero-order valence-electron chi connectivity index (χ0n) is 26.9. The first-order valence-electron chi connectivity index (χ1n) is 16.2. The number of ether oxygens (including phenoxy) is 7. The molecule has 9 rings (SSSR count). The van der Waals surface area contributed by atoms with Crippen molar-refractivity contribution in [2.75, 3.05) is 6.61 Å². The summed E-state index contributed by atoms with van der Waals surface area (Å²) >= 11 is 0. The first-order chi connectivity index (χ1) is 22.2. The summed E-state index contributed by atoms with van der Waals surface area (Å²) in [4.78, 5) is 28.1. The Kier molecular flexibility index (Phi) is 5.64. The van der Waals surface area contributed by atoms with Gasteiger partial charge in [0.25, 0.3) is 0 Å². The van der Waals surface area contributed by atoms with Crippen LogP contribution in [0.4, 0.5) is 0 Å². The summed E-state index contributed by atoms with van der Waals surface area (Å²) in [6.45, 7) is 13.6. The number of epoxide rings is 1. The van der Waals surface area contributed by atoms with Crippen molar-refractivity contribution in [2.24, 2.45) is 17.3 Å². The zero-order chi connectivity index (χ0) is 33.0. The number of esters is 1. The summed E-state index contributed by atoms with van der Waals surface area (Å²) in [6, 6.07) is 18.0. The van der Waals surface area contributed by atoms with Crippen LogP contribution in [-0.2, 0) is 43.9 Å². The lowest BCUT2D eigenvalue weighted by molar-refractivity contribution is -0.452. The zero-order valence-corrected chi connectivity index (χ0v) is 26.9. The van der Waals surface area contributed by atoms with Crippen LogP contribution >= 0.6 is 0 Å². The van der Waals surface area contributed by atoms with Crippen molar-refractivity contribution < 1.29 is 47.9 Å². The topological polar surface area (TPSA) is 122 Å². The Morgan fingerprint density at radius 2 is 1.64 bits per heavy atom. The van der Waals surface area contributed by atoms with E-state index in [1.165, 1.54) is 6.08 Å². The van der Waals surface area contributed by atoms with E-state index >= 15 is 0 Å². The number of benzene rings is 2. The number of hydrogen-bond acceptors (Lipinski definition) is 10. The lowest BCUT2D eigenvalue weighted by Gasteiger charge is -2.65. The maximum atomic E-state index is 14.2. The highest BCUT2D eigenvalue weighted by molar-refractivity contribution is 6.02. The molecule has 10 heteroatoms. The Bertz CT molecular complexity index is 1760. The van der Waals surface area contributed by atoms with Crippen molar-refractivity contribution in [1.29, 1.82) is 0 Å². The molecule has 4 saturated heterocycles. The van der Waals surface area contributed by atoms with E-state index in [1.54, 1.807) is 44.2 Å². The van der Waals surface area contributed by atoms with Gasteiger partial charge in [-0.25, -0.2) is 4.79 Å². The monoisotopic (exact) mass is 642 g/mol. The van der Waals surface area contributed by atoms with Crippen molar-refractivity contribution in [3.63, 3.8) is 0 Å². The van der Waals surface area contributed by atoms with Crippen molar-refractivity contribution in [2.45, 2.75) is 93.2 Å². The minimum absolute atomic E-state index is 0.0753. The standard InChI is InChI=1S/C37H38O10/c1-20(2)34-26(42-29(39)22-13-9-7-10-14-22)21(3)36-25(28(34)44-37(46-34,47-36)23-15-11-8-12-16-23)27-33(43-27)19-41-31(4,5)45-30(33)35(40)24(38)17-18-32(35,36)6/h7-18,21,25-28,30,40H,1,19H2,2-6H3/t21-,25+,26-,27+,28?,30-,32-,33+,34?,35-,36?,37?/m1/s1. The molecule has 2 aromatic rings. The second-order valence-corrected chi connectivity index (χ2v) is 14.9. The third-order valence-corrected chi connectivity index (χ3v) is 12.2. The Hall–Kier alpha value is -3.22. The molecule has 4 aliphatic heterocycles. The Morgan fingerprint density at radius 3 is 2.32 bits per heavy atom. The van der Waals surface area contributed by atoms with Gasteiger partial charge in [0.1, 0.15) is 35.6 Å². The fourth-order valence-electron chi connectivity index (χ4n) is 10.0. The third kappa shape index (κ3) is 3.21. The molecular formula is C37H38O10. The van der Waals surface area contributed by atoms with Crippen LogP contribution < -0.4 is 0 Å². The van der Waals surface area contributed by atoms with E-state index in [0.717, 1.165) is 0 Å². The van der Waals surface area contributed by atoms with E-state index in [-0.39, 0.29) is 6.61 Å². The average molecular weight is 643 g/mol. The molecule has 4 unspecified atom stereocenters. The first kappa shape index (κ1) is 29.9. The minimum atomic E-state index is -2.16. The van der Waals surface area contributed by atoms with E-state index in [0.29, 0.717) is 16.7 Å². The first-order valence-corrected chi connectivity index (χ1v) is 16.2. The predicted octanol–water partition coefficient (Wildman–Crippen LogP) is 3.97. The van der Waals surface area contributed by atoms with Gasteiger partial charge >= 0.3 is 11.9 Å². The maximum absolute atomic E-state index is 14.2. The summed E-state index contributed by atoms with van der Waals surface area (Å²) in [6.07, 6.45) is -0.467. The Balaban J connectivity index is 1.32. The second kappa shape index (κ2) is 8.87. The molecule has 7 aliphatic rings. The van der Waals surface area contributed by atoms with Gasteiger partial charge in [0.2, 0.25) is 0 Å². The van der Waals surface area contributed by atoms with E-state index < -0.39 is 87.6 Å². The maximum Gasteiger partial charge on any atom is 0.338 e. The Labute approximate surface area is 272 Å². The number of hydrogen-bond donors (Lipinski definition) is 1. The van der Waals surface area contributed by atoms with Crippen molar-refractivity contribution in [3.8, 4) is 0 Å². The van der Waals surface area contributed by atoms with Gasteiger partial charge < -0.3 is 38.3 Å². The molecule has 1 spiro atoms. The normalized spacial score (nSPS) is 49.3. The van der Waals surface area contributed by atoms with Crippen molar-refractivity contribution >= 4 is 11.8 Å². The molecule has 12 atom stereocenters. The fraction of sp³-hybridized carbons (Fsp3) is 0.514. The molecule has 3 bridgehead atoms. The van der Waals surface area contributed by atoms with Gasteiger partial charge in [0.05, 0.1) is 17.6 Å². The van der Waals surface area contributed by atoms with Gasteiger partial charge in [-0.2, -0.15) is 0 Å². The predicted molar refractivity (Wildman–Crippen MR) is 163 cm³/mol. The summed E-state index contributed by atoms with van der Waals surface area (Å²) in [7, 11) is 0. The molecule has 0 amide bonds. The van der Waals surface area contributed by atoms with Gasteiger partial charge in [-0.15, -0.1) is 0 Å². The van der Waals surface area contributed by atoms with Crippen LogP contribution in [0.2, 0.25) is 0 Å². The van der Waals surface area contributed by atoms with Crippen LogP contribution in [-0.4, -0.2) is 76.1 Å². The van der Waals surface area contributed by atoms with E-state index in [2.05, 4.69) is 6.58 Å². The van der Waals surface area contributed by atoms with E-state index in [4.69, 9.17) is 33.2 Å². The summed E-state index contributed by atoms with van der Waals surface area (Å²) in [5.74, 6) is -5.35. The molecule has 1 N–H and O–H groups in total. The van der Waals surface area contributed by atoms with Crippen LogP contribution in [0.1, 0.15) is 50.5 Å². The molecule has 6 fully saturated rings. The Morgan fingerprint density at radius 1 is 0.957 bits per heavy atom. The van der Waals surface area contributed by atoms with Crippen LogP contribution in [0, 0.1) is 17.3 Å². The molecule has 0 radical (unpaired) electrons. The van der Waals surface area contributed by atoms with Crippen LogP contribution in [0.25, 0.3) is 0 Å². The highest BCUT2D eigenvalue weighted by Gasteiger charge is 2.93. The lowest BCUT2D eigenvalue weighted by atomic mass is 9.48. The highest BCUT2D eigenvalue weighted by Crippen LogP contribution is 2.77. The average Bonchev–Trinajstić information content (AvgIpc) is 3.65. The van der Waals surface area contributed by atoms with Gasteiger partial charge in [-0.3, -0.25) is 4.79 Å². The van der Waals surface area contributed by atoms with Crippen LogP contribution in [0.15, 0.2) is 85.0 Å². The van der Waals surface area contributed by atoms with Gasteiger partial charge in [-0.1, -0.05) is 68.1 Å².